The zero-order valence-electron chi connectivity index (χ0n) is 17.8. The molecule has 0 spiro atoms. The van der Waals surface area contributed by atoms with Gasteiger partial charge in [-0.25, -0.2) is 13.8 Å². The molecular weight excluding hydrogens is 408 g/mol. The van der Waals surface area contributed by atoms with Crippen LogP contribution in [0.2, 0.25) is 0 Å². The van der Waals surface area contributed by atoms with Crippen molar-refractivity contribution in [2.75, 3.05) is 48.5 Å². The van der Waals surface area contributed by atoms with Crippen molar-refractivity contribution >= 4 is 17.7 Å². The molecule has 0 radical (unpaired) electrons. The summed E-state index contributed by atoms with van der Waals surface area (Å²) >= 11 is 0. The van der Waals surface area contributed by atoms with Crippen LogP contribution in [0.4, 0.5) is 26.5 Å². The Morgan fingerprint density at radius 3 is 2.35 bits per heavy atom. The maximum Gasteiger partial charge on any atom is 0.267 e. The van der Waals surface area contributed by atoms with Gasteiger partial charge < -0.3 is 25.0 Å². The normalized spacial score (nSPS) is 24.6. The van der Waals surface area contributed by atoms with Crippen LogP contribution < -0.4 is 15.5 Å². The SMILES string of the molecule is C[C@@H]1COCCN1c1nc(-c2cnc(N)c(C(F)F)c2)nc(N2[C@H](C)COC[C@H]2C)n1. The second-order valence-corrected chi connectivity index (χ2v) is 8.02. The molecule has 4 heterocycles. The van der Waals surface area contributed by atoms with Gasteiger partial charge in [-0.2, -0.15) is 15.0 Å². The summed E-state index contributed by atoms with van der Waals surface area (Å²) in [6.45, 7) is 8.94. The average molecular weight is 435 g/mol. The molecule has 2 aliphatic heterocycles. The molecule has 2 saturated heterocycles. The predicted octanol–water partition coefficient (Wildman–Crippen LogP) is 2.29. The lowest BCUT2D eigenvalue weighted by Crippen LogP contribution is -2.51. The van der Waals surface area contributed by atoms with Crippen LogP contribution in [0.3, 0.4) is 0 Å². The Morgan fingerprint density at radius 2 is 1.68 bits per heavy atom. The Kier molecular flexibility index (Phi) is 6.15. The Hall–Kier alpha value is -2.66. The van der Waals surface area contributed by atoms with Crippen LogP contribution in [0.1, 0.15) is 32.8 Å². The van der Waals surface area contributed by atoms with E-state index in [1.165, 1.54) is 12.3 Å². The Labute approximate surface area is 179 Å². The molecule has 3 atom stereocenters. The fourth-order valence-electron chi connectivity index (χ4n) is 3.94. The van der Waals surface area contributed by atoms with Gasteiger partial charge in [0.05, 0.1) is 50.1 Å². The molecule has 4 rings (SSSR count). The van der Waals surface area contributed by atoms with Gasteiger partial charge in [0.2, 0.25) is 11.9 Å². The number of rotatable bonds is 4. The highest BCUT2D eigenvalue weighted by atomic mass is 19.3. The van der Waals surface area contributed by atoms with Crippen LogP contribution in [-0.2, 0) is 9.47 Å². The van der Waals surface area contributed by atoms with Crippen molar-refractivity contribution in [1.29, 1.82) is 0 Å². The minimum absolute atomic E-state index is 0.0510. The van der Waals surface area contributed by atoms with Crippen molar-refractivity contribution in [3.05, 3.63) is 17.8 Å². The first-order chi connectivity index (χ1) is 14.8. The second-order valence-electron chi connectivity index (χ2n) is 8.02. The zero-order chi connectivity index (χ0) is 22.1. The second kappa shape index (κ2) is 8.83. The molecule has 11 heteroatoms. The van der Waals surface area contributed by atoms with Gasteiger partial charge in [-0.3, -0.25) is 0 Å². The van der Waals surface area contributed by atoms with Gasteiger partial charge in [0.15, 0.2) is 5.82 Å². The molecular formula is C20H27F2N7O2. The molecule has 0 saturated carbocycles. The van der Waals surface area contributed by atoms with Gasteiger partial charge in [-0.1, -0.05) is 0 Å². The number of nitrogen functional groups attached to an aromatic ring is 1. The lowest BCUT2D eigenvalue weighted by atomic mass is 10.1. The molecule has 168 valence electrons. The predicted molar refractivity (Wildman–Crippen MR) is 112 cm³/mol. The van der Waals surface area contributed by atoms with E-state index in [2.05, 4.69) is 19.9 Å². The molecule has 0 amide bonds. The van der Waals surface area contributed by atoms with Crippen LogP contribution in [0.5, 0.6) is 0 Å². The number of morpholine rings is 2. The van der Waals surface area contributed by atoms with E-state index < -0.39 is 6.43 Å². The monoisotopic (exact) mass is 435 g/mol. The van der Waals surface area contributed by atoms with E-state index in [9.17, 15) is 8.78 Å². The summed E-state index contributed by atoms with van der Waals surface area (Å²) in [6.07, 6.45) is -1.33. The number of pyridine rings is 1. The van der Waals surface area contributed by atoms with Gasteiger partial charge in [0.25, 0.3) is 6.43 Å². The fraction of sp³-hybridized carbons (Fsp3) is 0.600. The highest BCUT2D eigenvalue weighted by Crippen LogP contribution is 2.30. The average Bonchev–Trinajstić information content (AvgIpc) is 2.74. The van der Waals surface area contributed by atoms with Gasteiger partial charge in [-0.15, -0.1) is 0 Å². The van der Waals surface area contributed by atoms with Crippen molar-refractivity contribution in [3.8, 4) is 11.4 Å². The standard InChI is InChI=1S/C20H27F2N7O2/c1-11-8-30-5-4-28(11)19-25-18(14-6-15(16(21)22)17(23)24-7-14)26-20(27-19)29-12(2)9-31-10-13(29)3/h6-7,11-13,16H,4-5,8-10H2,1-3H3,(H2,23,24)/t11-,12-,13-/m1/s1. The number of ether oxygens (including phenoxy) is 2. The molecule has 2 aliphatic rings. The van der Waals surface area contributed by atoms with E-state index in [-0.39, 0.29) is 35.3 Å². The van der Waals surface area contributed by atoms with Crippen molar-refractivity contribution in [2.45, 2.75) is 45.3 Å². The smallest absolute Gasteiger partial charge is 0.267 e. The number of hydrogen-bond donors (Lipinski definition) is 1. The molecule has 2 N–H and O–H groups in total. The van der Waals surface area contributed by atoms with E-state index in [1.807, 2.05) is 25.7 Å². The molecule has 31 heavy (non-hydrogen) atoms. The maximum absolute atomic E-state index is 13.4. The first-order valence-corrected chi connectivity index (χ1v) is 10.4. The van der Waals surface area contributed by atoms with Gasteiger partial charge >= 0.3 is 0 Å². The van der Waals surface area contributed by atoms with Crippen molar-refractivity contribution in [3.63, 3.8) is 0 Å². The number of alkyl halides is 2. The molecule has 2 aromatic heterocycles. The van der Waals surface area contributed by atoms with Crippen molar-refractivity contribution < 1.29 is 18.3 Å². The maximum atomic E-state index is 13.4. The minimum Gasteiger partial charge on any atom is -0.383 e. The third-order valence-electron chi connectivity index (χ3n) is 5.58. The number of hydrogen-bond acceptors (Lipinski definition) is 9. The van der Waals surface area contributed by atoms with Crippen LogP contribution in [0, 0.1) is 0 Å². The Balaban J connectivity index is 1.83. The highest BCUT2D eigenvalue weighted by molar-refractivity contribution is 5.62. The van der Waals surface area contributed by atoms with Gasteiger partial charge in [0, 0.05) is 18.3 Å². The molecule has 9 nitrogen and oxygen atoms in total. The summed E-state index contributed by atoms with van der Waals surface area (Å²) in [7, 11) is 0. The third-order valence-corrected chi connectivity index (χ3v) is 5.58. The molecule has 0 unspecified atom stereocenters. The molecule has 2 aromatic rings. The first-order valence-electron chi connectivity index (χ1n) is 10.4. The van der Waals surface area contributed by atoms with Gasteiger partial charge in [0.1, 0.15) is 5.82 Å². The van der Waals surface area contributed by atoms with E-state index in [0.717, 1.165) is 0 Å². The first kappa shape index (κ1) is 21.6. The Bertz CT molecular complexity index is 922. The fourth-order valence-corrected chi connectivity index (χ4v) is 3.94. The summed E-state index contributed by atoms with van der Waals surface area (Å²) in [4.78, 5) is 22.1. The summed E-state index contributed by atoms with van der Waals surface area (Å²) in [5.41, 5.74) is 5.65. The number of anilines is 3. The summed E-state index contributed by atoms with van der Waals surface area (Å²) < 4.78 is 38.0. The highest BCUT2D eigenvalue weighted by Gasteiger charge is 2.30. The number of nitrogens with zero attached hydrogens (tertiary/aromatic N) is 6. The minimum atomic E-state index is -2.74. The van der Waals surface area contributed by atoms with Crippen molar-refractivity contribution in [1.82, 2.24) is 19.9 Å². The van der Waals surface area contributed by atoms with Crippen molar-refractivity contribution in [2.24, 2.45) is 0 Å². The number of nitrogens with two attached hydrogens (primary N) is 1. The van der Waals surface area contributed by atoms with Crippen LogP contribution in [0.25, 0.3) is 11.4 Å². The van der Waals surface area contributed by atoms with E-state index >= 15 is 0 Å². The number of halogens is 2. The quantitative estimate of drug-likeness (QED) is 0.775. The molecule has 2 fully saturated rings. The van der Waals surface area contributed by atoms with Crippen LogP contribution in [0.15, 0.2) is 12.3 Å². The molecule has 0 aromatic carbocycles. The van der Waals surface area contributed by atoms with E-state index in [1.54, 1.807) is 0 Å². The Morgan fingerprint density at radius 1 is 1.00 bits per heavy atom. The topological polar surface area (TPSA) is 103 Å². The zero-order valence-corrected chi connectivity index (χ0v) is 17.8. The molecule has 0 bridgehead atoms. The summed E-state index contributed by atoms with van der Waals surface area (Å²) in [5.74, 6) is 1.04. The van der Waals surface area contributed by atoms with Crippen LogP contribution >= 0.6 is 0 Å². The van der Waals surface area contributed by atoms with Crippen LogP contribution in [-0.4, -0.2) is 71.0 Å². The lowest BCUT2D eigenvalue weighted by Gasteiger charge is -2.39. The largest absolute Gasteiger partial charge is 0.383 e. The molecule has 0 aliphatic carbocycles. The summed E-state index contributed by atoms with van der Waals surface area (Å²) in [6, 6.07) is 1.47. The van der Waals surface area contributed by atoms with E-state index in [4.69, 9.17) is 20.2 Å². The summed E-state index contributed by atoms with van der Waals surface area (Å²) in [5, 5.41) is 0. The lowest BCUT2D eigenvalue weighted by molar-refractivity contribution is 0.0746. The van der Waals surface area contributed by atoms with E-state index in [0.29, 0.717) is 50.4 Å². The third kappa shape index (κ3) is 4.38. The van der Waals surface area contributed by atoms with Gasteiger partial charge in [-0.05, 0) is 26.8 Å². The number of aromatic nitrogens is 4.